The van der Waals surface area contributed by atoms with E-state index in [1.54, 1.807) is 0 Å². The van der Waals surface area contributed by atoms with Crippen LogP contribution >= 0.6 is 0 Å². The number of carbonyl (C=O) groups is 1. The number of unbranched alkanes of at least 4 members (excludes halogenated alkanes) is 11. The summed E-state index contributed by atoms with van der Waals surface area (Å²) in [6.07, 6.45) is 26.7. The Morgan fingerprint density at radius 1 is 0.784 bits per heavy atom. The third kappa shape index (κ3) is 6.85. The summed E-state index contributed by atoms with van der Waals surface area (Å²) in [6.45, 7) is 8.98. The van der Waals surface area contributed by atoms with Crippen LogP contribution in [-0.4, -0.2) is 29.6 Å². The summed E-state index contributed by atoms with van der Waals surface area (Å²) in [5.74, 6) is 3.37. The summed E-state index contributed by atoms with van der Waals surface area (Å²) < 4.78 is 0. The Bertz CT molecular complexity index is 723. The van der Waals surface area contributed by atoms with Gasteiger partial charge in [-0.25, -0.2) is 0 Å². The van der Waals surface area contributed by atoms with Crippen molar-refractivity contribution in [2.75, 3.05) is 13.1 Å². The molecule has 3 heteroatoms. The van der Waals surface area contributed by atoms with Crippen molar-refractivity contribution < 1.29 is 9.90 Å². The summed E-state index contributed by atoms with van der Waals surface area (Å²) in [5, 5.41) is 15.2. The molecule has 0 spiro atoms. The van der Waals surface area contributed by atoms with Crippen molar-refractivity contribution in [2.45, 2.75) is 161 Å². The molecule has 0 aromatic carbocycles. The van der Waals surface area contributed by atoms with Crippen molar-refractivity contribution in [2.24, 2.45) is 34.5 Å². The zero-order chi connectivity index (χ0) is 26.4. The van der Waals surface area contributed by atoms with Gasteiger partial charge in [0.1, 0.15) is 5.78 Å². The molecule has 37 heavy (non-hydrogen) atoms. The third-order valence-corrected chi connectivity index (χ3v) is 12.2. The van der Waals surface area contributed by atoms with Crippen molar-refractivity contribution in [3.63, 3.8) is 0 Å². The van der Waals surface area contributed by atoms with E-state index in [0.717, 1.165) is 57.0 Å². The lowest BCUT2D eigenvalue weighted by atomic mass is 9.44. The molecule has 0 amide bonds. The van der Waals surface area contributed by atoms with E-state index >= 15 is 0 Å². The van der Waals surface area contributed by atoms with Crippen molar-refractivity contribution in [1.29, 1.82) is 0 Å². The first-order chi connectivity index (χ1) is 17.8. The maximum atomic E-state index is 12.7. The number of nitrogens with one attached hydrogen (secondary N) is 1. The standard InChI is InChI=1S/C34H61NO2/c1-4-5-6-7-8-9-10-11-12-13-14-15-24-35-26-34(37)23-22-32(2)27(25-34)16-17-28-29-18-19-31(36)33(29,3)21-20-30(28)32/h27-30,35,37H,4-26H2,1-3H3/t27-,28-,29-,30-,32-,33-,34+/m0/s1. The lowest BCUT2D eigenvalue weighted by Crippen LogP contribution is -2.57. The molecule has 0 aliphatic heterocycles. The number of carbonyl (C=O) groups excluding carboxylic acids is 1. The van der Waals surface area contributed by atoms with Crippen molar-refractivity contribution >= 4 is 5.78 Å². The fourth-order valence-electron chi connectivity index (χ4n) is 9.67. The minimum atomic E-state index is -0.513. The molecule has 0 heterocycles. The Morgan fingerprint density at radius 3 is 2.11 bits per heavy atom. The highest BCUT2D eigenvalue weighted by Gasteiger charge is 2.61. The number of rotatable bonds is 15. The molecule has 4 aliphatic rings. The Balaban J connectivity index is 1.10. The molecule has 4 saturated carbocycles. The van der Waals surface area contributed by atoms with Gasteiger partial charge in [-0.05, 0) is 93.4 Å². The Morgan fingerprint density at radius 2 is 1.43 bits per heavy atom. The molecule has 4 aliphatic carbocycles. The SMILES string of the molecule is CCCCCCCCCCCCCCNC[C@@]1(O)CC[C@@]2(C)[C@@H](CC[C@@H]3[C@@H]2CC[C@]2(C)C(=O)CC[C@@H]32)C1. The molecule has 0 saturated heterocycles. The normalized spacial score (nSPS) is 39.3. The Hall–Kier alpha value is -0.410. The monoisotopic (exact) mass is 515 g/mol. The van der Waals surface area contributed by atoms with Crippen molar-refractivity contribution in [3.8, 4) is 0 Å². The first-order valence-corrected chi connectivity index (χ1v) is 16.8. The van der Waals surface area contributed by atoms with Gasteiger partial charge < -0.3 is 10.4 Å². The van der Waals surface area contributed by atoms with Gasteiger partial charge in [0.25, 0.3) is 0 Å². The molecular formula is C34H61NO2. The quantitative estimate of drug-likeness (QED) is 0.215. The van der Waals surface area contributed by atoms with E-state index in [1.165, 1.54) is 103 Å². The van der Waals surface area contributed by atoms with Crippen LogP contribution in [0.2, 0.25) is 0 Å². The molecule has 0 aromatic heterocycles. The Labute approximate surface area is 229 Å². The maximum Gasteiger partial charge on any atom is 0.139 e. The third-order valence-electron chi connectivity index (χ3n) is 12.2. The zero-order valence-electron chi connectivity index (χ0n) is 24.9. The highest BCUT2D eigenvalue weighted by molar-refractivity contribution is 5.87. The molecule has 2 N–H and O–H groups in total. The van der Waals surface area contributed by atoms with Gasteiger partial charge in [-0.15, -0.1) is 0 Å². The number of fused-ring (bicyclic) bond motifs is 5. The lowest BCUT2D eigenvalue weighted by Gasteiger charge is -2.61. The van der Waals surface area contributed by atoms with E-state index in [2.05, 4.69) is 26.1 Å². The minimum absolute atomic E-state index is 0.0163. The van der Waals surface area contributed by atoms with Crippen LogP contribution in [0.3, 0.4) is 0 Å². The van der Waals surface area contributed by atoms with Gasteiger partial charge in [0, 0.05) is 18.4 Å². The van der Waals surface area contributed by atoms with Gasteiger partial charge in [-0.2, -0.15) is 0 Å². The van der Waals surface area contributed by atoms with Gasteiger partial charge >= 0.3 is 0 Å². The van der Waals surface area contributed by atoms with Crippen LogP contribution in [0.1, 0.15) is 156 Å². The van der Waals surface area contributed by atoms with Crippen LogP contribution in [-0.2, 0) is 4.79 Å². The Kier molecular flexibility index (Phi) is 10.6. The first kappa shape index (κ1) is 29.6. The molecule has 214 valence electrons. The van der Waals surface area contributed by atoms with E-state index in [-0.39, 0.29) is 5.41 Å². The van der Waals surface area contributed by atoms with Gasteiger partial charge in [-0.1, -0.05) is 91.4 Å². The predicted molar refractivity (Wildman–Crippen MR) is 156 cm³/mol. The van der Waals surface area contributed by atoms with Crippen LogP contribution in [0.25, 0.3) is 0 Å². The van der Waals surface area contributed by atoms with Crippen LogP contribution in [0.4, 0.5) is 0 Å². The topological polar surface area (TPSA) is 49.3 Å². The number of aliphatic hydroxyl groups is 1. The van der Waals surface area contributed by atoms with E-state index < -0.39 is 5.60 Å². The van der Waals surface area contributed by atoms with E-state index in [0.29, 0.717) is 23.0 Å². The molecule has 0 bridgehead atoms. The lowest BCUT2D eigenvalue weighted by molar-refractivity contribution is -0.153. The molecule has 4 rings (SSSR count). The van der Waals surface area contributed by atoms with Crippen LogP contribution in [0, 0.1) is 34.5 Å². The molecule has 4 fully saturated rings. The summed E-state index contributed by atoms with van der Waals surface area (Å²) in [6, 6.07) is 0. The second kappa shape index (κ2) is 13.3. The molecular weight excluding hydrogens is 454 g/mol. The second-order valence-electron chi connectivity index (χ2n) is 14.6. The average molecular weight is 516 g/mol. The van der Waals surface area contributed by atoms with Gasteiger partial charge in [0.15, 0.2) is 0 Å². The van der Waals surface area contributed by atoms with Gasteiger partial charge in [0.05, 0.1) is 5.60 Å². The fraction of sp³-hybridized carbons (Fsp3) is 0.971. The van der Waals surface area contributed by atoms with E-state index in [1.807, 2.05) is 0 Å². The van der Waals surface area contributed by atoms with Gasteiger partial charge in [0.2, 0.25) is 0 Å². The smallest absolute Gasteiger partial charge is 0.139 e. The minimum Gasteiger partial charge on any atom is -0.389 e. The summed E-state index contributed by atoms with van der Waals surface area (Å²) in [7, 11) is 0. The number of Topliss-reactive ketones (excluding diaryl/α,β-unsaturated/α-hetero) is 1. The number of hydrogen-bond donors (Lipinski definition) is 2. The highest BCUT2D eigenvalue weighted by Crippen LogP contribution is 2.66. The maximum absolute atomic E-state index is 12.7. The van der Waals surface area contributed by atoms with Crippen LogP contribution in [0.5, 0.6) is 0 Å². The molecule has 0 unspecified atom stereocenters. The summed E-state index contributed by atoms with van der Waals surface area (Å²) in [5.41, 5.74) is -0.157. The first-order valence-electron chi connectivity index (χ1n) is 16.8. The molecule has 0 aromatic rings. The van der Waals surface area contributed by atoms with Crippen molar-refractivity contribution in [3.05, 3.63) is 0 Å². The zero-order valence-corrected chi connectivity index (χ0v) is 24.9. The van der Waals surface area contributed by atoms with E-state index in [4.69, 9.17) is 0 Å². The number of ketones is 1. The highest BCUT2D eigenvalue weighted by atomic mass is 16.3. The largest absolute Gasteiger partial charge is 0.389 e. The van der Waals surface area contributed by atoms with Crippen LogP contribution in [0.15, 0.2) is 0 Å². The predicted octanol–water partition coefficient (Wildman–Crippen LogP) is 8.62. The summed E-state index contributed by atoms with van der Waals surface area (Å²) in [4.78, 5) is 12.7. The van der Waals surface area contributed by atoms with Crippen LogP contribution < -0.4 is 5.32 Å². The summed E-state index contributed by atoms with van der Waals surface area (Å²) >= 11 is 0. The van der Waals surface area contributed by atoms with Crippen molar-refractivity contribution in [1.82, 2.24) is 5.32 Å². The molecule has 7 atom stereocenters. The second-order valence-corrected chi connectivity index (χ2v) is 14.6. The molecule has 3 nitrogen and oxygen atoms in total. The average Bonchev–Trinajstić information content (AvgIpc) is 3.19. The van der Waals surface area contributed by atoms with E-state index in [9.17, 15) is 9.90 Å². The fourth-order valence-corrected chi connectivity index (χ4v) is 9.67. The molecule has 0 radical (unpaired) electrons. The number of hydrogen-bond acceptors (Lipinski definition) is 3. The van der Waals surface area contributed by atoms with Gasteiger partial charge in [-0.3, -0.25) is 4.79 Å².